The molecule has 1 N–H and O–H groups in total. The summed E-state index contributed by atoms with van der Waals surface area (Å²) in [6.45, 7) is 4.91. The number of hydrogen-bond acceptors (Lipinski definition) is 7. The Morgan fingerprint density at radius 2 is 1.41 bits per heavy atom. The molecule has 204 valence electrons. The number of aliphatic hydroxyl groups is 1. The van der Waals surface area contributed by atoms with Crippen molar-refractivity contribution in [2.75, 3.05) is 58.4 Å². The van der Waals surface area contributed by atoms with Crippen molar-refractivity contribution in [1.29, 1.82) is 0 Å². The lowest BCUT2D eigenvalue weighted by Gasteiger charge is -2.40. The summed E-state index contributed by atoms with van der Waals surface area (Å²) in [6.07, 6.45) is 4.43. The average molecular weight is 528 g/mol. The van der Waals surface area contributed by atoms with Crippen LogP contribution in [0.2, 0.25) is 0 Å². The molecule has 1 saturated heterocycles. The van der Waals surface area contributed by atoms with E-state index in [1.54, 1.807) is 31.4 Å². The molecule has 7 nitrogen and oxygen atoms in total. The Morgan fingerprint density at radius 1 is 0.821 bits per heavy atom. The van der Waals surface area contributed by atoms with Gasteiger partial charge in [-0.15, -0.1) is 0 Å². The number of nitrogens with zero attached hydrogens (tertiary/aromatic N) is 3. The number of esters is 1. The van der Waals surface area contributed by atoms with E-state index in [1.807, 2.05) is 4.90 Å². The first-order valence-electron chi connectivity index (χ1n) is 13.6. The predicted octanol–water partition coefficient (Wildman–Crippen LogP) is 4.60. The van der Waals surface area contributed by atoms with Gasteiger partial charge in [-0.3, -0.25) is 9.69 Å². The highest BCUT2D eigenvalue weighted by atomic mass is 16.5. The van der Waals surface area contributed by atoms with Crippen LogP contribution in [0.4, 0.5) is 11.4 Å². The summed E-state index contributed by atoms with van der Waals surface area (Å²) < 4.78 is 10.3. The second-order valence-corrected chi connectivity index (χ2v) is 10.0. The third-order valence-corrected chi connectivity index (χ3v) is 7.75. The van der Waals surface area contributed by atoms with Gasteiger partial charge in [-0.05, 0) is 53.9 Å². The van der Waals surface area contributed by atoms with Crippen molar-refractivity contribution in [2.45, 2.75) is 18.6 Å². The van der Waals surface area contributed by atoms with Crippen molar-refractivity contribution in [2.24, 2.45) is 0 Å². The third-order valence-electron chi connectivity index (χ3n) is 7.75. The predicted molar refractivity (Wildman–Crippen MR) is 155 cm³/mol. The molecule has 2 unspecified atom stereocenters. The van der Waals surface area contributed by atoms with Gasteiger partial charge in [0.1, 0.15) is 17.9 Å². The van der Waals surface area contributed by atoms with Crippen LogP contribution in [0.5, 0.6) is 5.75 Å². The van der Waals surface area contributed by atoms with E-state index < -0.39 is 18.1 Å². The minimum Gasteiger partial charge on any atom is -0.497 e. The zero-order valence-electron chi connectivity index (χ0n) is 22.7. The van der Waals surface area contributed by atoms with E-state index in [1.165, 1.54) is 29.6 Å². The number of aliphatic hydroxyl groups excluding tert-OH is 1. The van der Waals surface area contributed by atoms with Gasteiger partial charge < -0.3 is 24.4 Å². The first-order chi connectivity index (χ1) is 19.1. The maximum absolute atomic E-state index is 12.7. The number of rotatable bonds is 9. The highest BCUT2D eigenvalue weighted by Crippen LogP contribution is 2.36. The van der Waals surface area contributed by atoms with Crippen molar-refractivity contribution in [1.82, 2.24) is 9.80 Å². The molecule has 0 spiro atoms. The number of benzene rings is 3. The van der Waals surface area contributed by atoms with Gasteiger partial charge >= 0.3 is 5.97 Å². The molecule has 2 aliphatic heterocycles. The Hall–Kier alpha value is -3.65. The standard InChI is InChI=1S/C32H37N3O4/c1-38-27-16-14-26(15-17-27)31(36)30(32(37)39-2)34-22-20-33(21-23-34)18-7-19-35-28-10-5-3-8-24(28)12-13-25-9-4-6-11-29(25)35/h3-6,8-17,30-31,36H,7,18-23H2,1-2H3. The molecule has 0 saturated carbocycles. The number of anilines is 2. The molecule has 0 aromatic heterocycles. The average Bonchev–Trinajstić information content (AvgIpc) is 3.15. The minimum atomic E-state index is -0.980. The summed E-state index contributed by atoms with van der Waals surface area (Å²) in [6, 6.07) is 23.5. The molecule has 0 bridgehead atoms. The summed E-state index contributed by atoms with van der Waals surface area (Å²) in [7, 11) is 2.98. The summed E-state index contributed by atoms with van der Waals surface area (Å²) >= 11 is 0. The summed E-state index contributed by atoms with van der Waals surface area (Å²) in [4.78, 5) is 19.7. The van der Waals surface area contributed by atoms with Crippen molar-refractivity contribution < 1.29 is 19.4 Å². The SMILES string of the molecule is COC(=O)C(C(O)c1ccc(OC)cc1)N1CCN(CCCN2c3ccccc3C=Cc3ccccc32)CC1. The molecule has 3 aromatic rings. The van der Waals surface area contributed by atoms with Crippen LogP contribution < -0.4 is 9.64 Å². The molecular weight excluding hydrogens is 490 g/mol. The number of methoxy groups -OCH3 is 2. The van der Waals surface area contributed by atoms with Gasteiger partial charge in [-0.2, -0.15) is 0 Å². The molecular formula is C32H37N3O4. The fourth-order valence-electron chi connectivity index (χ4n) is 5.60. The normalized spacial score (nSPS) is 17.1. The third kappa shape index (κ3) is 6.01. The van der Waals surface area contributed by atoms with E-state index in [2.05, 4.69) is 70.5 Å². The van der Waals surface area contributed by atoms with Gasteiger partial charge in [-0.1, -0.05) is 60.7 Å². The van der Waals surface area contributed by atoms with Crippen LogP contribution in [0.25, 0.3) is 12.2 Å². The van der Waals surface area contributed by atoms with E-state index >= 15 is 0 Å². The van der Waals surface area contributed by atoms with Crippen molar-refractivity contribution in [3.8, 4) is 5.75 Å². The molecule has 2 atom stereocenters. The number of carbonyl (C=O) groups excluding carboxylic acids is 1. The second-order valence-electron chi connectivity index (χ2n) is 10.0. The molecule has 0 aliphatic carbocycles. The fourth-order valence-corrected chi connectivity index (χ4v) is 5.60. The van der Waals surface area contributed by atoms with Gasteiger partial charge in [0.05, 0.1) is 14.2 Å². The van der Waals surface area contributed by atoms with E-state index in [0.717, 1.165) is 32.6 Å². The van der Waals surface area contributed by atoms with Crippen LogP contribution in [0, 0.1) is 0 Å². The Morgan fingerprint density at radius 3 is 1.97 bits per heavy atom. The molecule has 3 aromatic carbocycles. The highest BCUT2D eigenvalue weighted by molar-refractivity contribution is 5.88. The fraction of sp³-hybridized carbons (Fsp3) is 0.344. The van der Waals surface area contributed by atoms with Crippen molar-refractivity contribution >= 4 is 29.5 Å². The lowest BCUT2D eigenvalue weighted by molar-refractivity contribution is -0.153. The monoisotopic (exact) mass is 527 g/mol. The zero-order chi connectivity index (χ0) is 27.2. The van der Waals surface area contributed by atoms with Gasteiger partial charge in [0, 0.05) is 44.1 Å². The smallest absolute Gasteiger partial charge is 0.326 e. The number of ether oxygens (including phenoxy) is 2. The quantitative estimate of drug-likeness (QED) is 0.408. The molecule has 0 amide bonds. The maximum atomic E-state index is 12.7. The molecule has 39 heavy (non-hydrogen) atoms. The molecule has 2 aliphatic rings. The Kier molecular flexibility index (Phi) is 8.61. The number of fused-ring (bicyclic) bond motifs is 2. The van der Waals surface area contributed by atoms with E-state index in [0.29, 0.717) is 24.4 Å². The molecule has 2 heterocycles. The number of carbonyl (C=O) groups is 1. The van der Waals surface area contributed by atoms with Gasteiger partial charge in [0.25, 0.3) is 0 Å². The Bertz CT molecular complexity index is 1240. The summed E-state index contributed by atoms with van der Waals surface area (Å²) in [5.74, 6) is 0.288. The van der Waals surface area contributed by atoms with Gasteiger partial charge in [0.2, 0.25) is 0 Å². The van der Waals surface area contributed by atoms with E-state index in [9.17, 15) is 9.90 Å². The van der Waals surface area contributed by atoms with E-state index in [-0.39, 0.29) is 0 Å². The maximum Gasteiger partial charge on any atom is 0.326 e. The first-order valence-corrected chi connectivity index (χ1v) is 13.6. The Labute approximate surface area is 230 Å². The van der Waals surface area contributed by atoms with Crippen LogP contribution in [-0.2, 0) is 9.53 Å². The second kappa shape index (κ2) is 12.5. The van der Waals surface area contributed by atoms with Gasteiger partial charge in [-0.25, -0.2) is 0 Å². The summed E-state index contributed by atoms with van der Waals surface area (Å²) in [5.41, 5.74) is 5.59. The van der Waals surface area contributed by atoms with Crippen LogP contribution >= 0.6 is 0 Å². The number of para-hydroxylation sites is 2. The van der Waals surface area contributed by atoms with Crippen LogP contribution in [0.3, 0.4) is 0 Å². The Balaban J connectivity index is 1.20. The number of piperazine rings is 1. The number of hydrogen-bond donors (Lipinski definition) is 1. The molecule has 1 fully saturated rings. The molecule has 7 heteroatoms. The van der Waals surface area contributed by atoms with Crippen molar-refractivity contribution in [3.63, 3.8) is 0 Å². The summed E-state index contributed by atoms with van der Waals surface area (Å²) in [5, 5.41) is 11.1. The lowest BCUT2D eigenvalue weighted by Crippen LogP contribution is -2.55. The van der Waals surface area contributed by atoms with Crippen molar-refractivity contribution in [3.05, 3.63) is 89.5 Å². The molecule has 0 radical (unpaired) electrons. The highest BCUT2D eigenvalue weighted by Gasteiger charge is 2.36. The largest absolute Gasteiger partial charge is 0.497 e. The van der Waals surface area contributed by atoms with Crippen LogP contribution in [0.15, 0.2) is 72.8 Å². The van der Waals surface area contributed by atoms with E-state index in [4.69, 9.17) is 9.47 Å². The first kappa shape index (κ1) is 26.9. The molecule has 5 rings (SSSR count). The zero-order valence-corrected chi connectivity index (χ0v) is 22.7. The van der Waals surface area contributed by atoms with Gasteiger partial charge in [0.15, 0.2) is 0 Å². The van der Waals surface area contributed by atoms with Crippen LogP contribution in [-0.4, -0.2) is 80.4 Å². The van der Waals surface area contributed by atoms with Crippen LogP contribution in [0.1, 0.15) is 29.2 Å². The lowest BCUT2D eigenvalue weighted by atomic mass is 10.00. The topological polar surface area (TPSA) is 65.5 Å². The minimum absolute atomic E-state index is 0.418.